The molecule has 0 saturated carbocycles. The van der Waals surface area contributed by atoms with Crippen LogP contribution < -0.4 is 10.1 Å². The van der Waals surface area contributed by atoms with Gasteiger partial charge in [0.05, 0.1) is 13.2 Å². The number of rotatable bonds is 0. The molecule has 2 aliphatic heterocycles. The number of benzene rings is 1. The summed E-state index contributed by atoms with van der Waals surface area (Å²) in [6.07, 6.45) is 0. The molecule has 1 aromatic carbocycles. The Labute approximate surface area is 96.9 Å². The predicted octanol–water partition coefficient (Wildman–Crippen LogP) is 1.66. The number of fused-ring (bicyclic) bond motifs is 2. The molecule has 0 aromatic heterocycles. The monoisotopic (exact) mass is 269 g/mol. The minimum absolute atomic E-state index is 0.128. The Hall–Kier alpha value is -0.580. The van der Waals surface area contributed by atoms with Crippen molar-refractivity contribution < 1.29 is 9.47 Å². The number of nitrogens with one attached hydrogen (secondary N) is 1. The van der Waals surface area contributed by atoms with E-state index in [4.69, 9.17) is 9.47 Å². The molecule has 0 unspecified atom stereocenters. The molecule has 4 heteroatoms. The van der Waals surface area contributed by atoms with E-state index in [1.165, 1.54) is 5.56 Å². The first-order chi connectivity index (χ1) is 7.30. The maximum atomic E-state index is 5.68. The van der Waals surface area contributed by atoms with Crippen LogP contribution in [0.2, 0.25) is 0 Å². The second-order valence-corrected chi connectivity index (χ2v) is 4.91. The molecule has 2 aliphatic rings. The van der Waals surface area contributed by atoms with Crippen LogP contribution in [0.5, 0.6) is 5.75 Å². The van der Waals surface area contributed by atoms with Gasteiger partial charge in [-0.2, -0.15) is 0 Å². The molecule has 0 bridgehead atoms. The van der Waals surface area contributed by atoms with Crippen LogP contribution in [0.4, 0.5) is 0 Å². The Morgan fingerprint density at radius 2 is 2.27 bits per heavy atom. The number of hydrogen-bond donors (Lipinski definition) is 1. The van der Waals surface area contributed by atoms with Gasteiger partial charge in [0.2, 0.25) is 0 Å². The topological polar surface area (TPSA) is 30.5 Å². The number of hydrogen-bond acceptors (Lipinski definition) is 3. The molecule has 1 N–H and O–H groups in total. The van der Waals surface area contributed by atoms with E-state index in [1.54, 1.807) is 0 Å². The van der Waals surface area contributed by atoms with Gasteiger partial charge >= 0.3 is 0 Å². The maximum absolute atomic E-state index is 5.68. The van der Waals surface area contributed by atoms with Crippen molar-refractivity contribution >= 4 is 15.9 Å². The van der Waals surface area contributed by atoms with E-state index in [1.807, 2.05) is 12.1 Å². The molecule has 1 aromatic rings. The highest BCUT2D eigenvalue weighted by Gasteiger charge is 2.42. The molecule has 1 atom stereocenters. The Bertz CT molecular complexity index is 383. The number of halogens is 1. The molecule has 15 heavy (non-hydrogen) atoms. The van der Waals surface area contributed by atoms with E-state index >= 15 is 0 Å². The first kappa shape index (κ1) is 9.63. The number of morpholine rings is 1. The van der Waals surface area contributed by atoms with Gasteiger partial charge in [0.25, 0.3) is 0 Å². The van der Waals surface area contributed by atoms with E-state index in [9.17, 15) is 0 Å². The third kappa shape index (κ3) is 1.48. The Morgan fingerprint density at radius 1 is 1.33 bits per heavy atom. The van der Waals surface area contributed by atoms with Crippen molar-refractivity contribution in [1.29, 1.82) is 0 Å². The second-order valence-electron chi connectivity index (χ2n) is 3.99. The van der Waals surface area contributed by atoms with Gasteiger partial charge in [0, 0.05) is 16.6 Å². The van der Waals surface area contributed by atoms with Gasteiger partial charge in [-0.15, -0.1) is 0 Å². The smallest absolute Gasteiger partial charge is 0.124 e. The van der Waals surface area contributed by atoms with Crippen LogP contribution in [-0.4, -0.2) is 26.4 Å². The Morgan fingerprint density at radius 3 is 3.07 bits per heavy atom. The third-order valence-corrected chi connectivity index (χ3v) is 3.48. The van der Waals surface area contributed by atoms with Crippen molar-refractivity contribution in [1.82, 2.24) is 5.32 Å². The van der Waals surface area contributed by atoms with Crippen LogP contribution in [-0.2, 0) is 10.3 Å². The lowest BCUT2D eigenvalue weighted by atomic mass is 9.92. The van der Waals surface area contributed by atoms with E-state index in [2.05, 4.69) is 27.3 Å². The standard InChI is InChI=1S/C11H12BrNO2/c12-8-1-2-10-9(5-8)11(7-15-10)6-14-4-3-13-11/h1-2,5,13H,3-4,6-7H2/t11-/m1/s1. The lowest BCUT2D eigenvalue weighted by Gasteiger charge is -2.33. The van der Waals surface area contributed by atoms with Crippen LogP contribution in [0, 0.1) is 0 Å². The summed E-state index contributed by atoms with van der Waals surface area (Å²) in [6, 6.07) is 6.12. The predicted molar refractivity (Wildman–Crippen MR) is 60.1 cm³/mol. The van der Waals surface area contributed by atoms with Gasteiger partial charge in [-0.25, -0.2) is 0 Å². The fourth-order valence-corrected chi connectivity index (χ4v) is 2.57. The minimum atomic E-state index is -0.128. The normalized spacial score (nSPS) is 28.9. The molecule has 0 radical (unpaired) electrons. The summed E-state index contributed by atoms with van der Waals surface area (Å²) in [7, 11) is 0. The van der Waals surface area contributed by atoms with Crippen LogP contribution >= 0.6 is 15.9 Å². The van der Waals surface area contributed by atoms with Gasteiger partial charge in [-0.3, -0.25) is 0 Å². The largest absolute Gasteiger partial charge is 0.491 e. The molecule has 1 spiro atoms. The van der Waals surface area contributed by atoms with Crippen LogP contribution in [0.15, 0.2) is 22.7 Å². The molecule has 3 rings (SSSR count). The summed E-state index contributed by atoms with van der Waals surface area (Å²) in [5.41, 5.74) is 1.08. The average Bonchev–Trinajstić information content (AvgIpc) is 2.59. The molecule has 0 amide bonds. The molecular formula is C11H12BrNO2. The lowest BCUT2D eigenvalue weighted by molar-refractivity contribution is 0.0160. The van der Waals surface area contributed by atoms with E-state index < -0.39 is 0 Å². The minimum Gasteiger partial charge on any atom is -0.491 e. The summed E-state index contributed by atoms with van der Waals surface area (Å²) in [5.74, 6) is 0.969. The first-order valence-electron chi connectivity index (χ1n) is 5.06. The zero-order valence-electron chi connectivity index (χ0n) is 8.25. The first-order valence-corrected chi connectivity index (χ1v) is 5.85. The SMILES string of the molecule is Brc1ccc2c(c1)[C@@]1(COCCN1)CO2. The zero-order chi connectivity index (χ0) is 10.3. The second kappa shape index (κ2) is 3.47. The fourth-order valence-electron chi connectivity index (χ4n) is 2.21. The Kier molecular flexibility index (Phi) is 2.23. The summed E-state index contributed by atoms with van der Waals surface area (Å²) in [5, 5.41) is 3.51. The number of ether oxygens (including phenoxy) is 2. The van der Waals surface area contributed by atoms with Crippen molar-refractivity contribution in [2.75, 3.05) is 26.4 Å². The maximum Gasteiger partial charge on any atom is 0.124 e. The van der Waals surface area contributed by atoms with Crippen molar-refractivity contribution in [3.8, 4) is 5.75 Å². The highest BCUT2D eigenvalue weighted by molar-refractivity contribution is 9.10. The van der Waals surface area contributed by atoms with Gasteiger partial charge in [-0.05, 0) is 18.2 Å². The molecule has 80 valence electrons. The van der Waals surface area contributed by atoms with Crippen LogP contribution in [0.1, 0.15) is 5.56 Å². The Balaban J connectivity index is 2.05. The van der Waals surface area contributed by atoms with Gasteiger partial charge < -0.3 is 14.8 Å². The van der Waals surface area contributed by atoms with Crippen molar-refractivity contribution in [2.24, 2.45) is 0 Å². The fraction of sp³-hybridized carbons (Fsp3) is 0.455. The van der Waals surface area contributed by atoms with Crippen LogP contribution in [0.3, 0.4) is 0 Å². The van der Waals surface area contributed by atoms with Crippen LogP contribution in [0.25, 0.3) is 0 Å². The summed E-state index contributed by atoms with van der Waals surface area (Å²) < 4.78 is 12.3. The van der Waals surface area contributed by atoms with Crippen molar-refractivity contribution in [3.05, 3.63) is 28.2 Å². The van der Waals surface area contributed by atoms with Crippen molar-refractivity contribution in [2.45, 2.75) is 5.54 Å². The van der Waals surface area contributed by atoms with Gasteiger partial charge in [0.15, 0.2) is 0 Å². The summed E-state index contributed by atoms with van der Waals surface area (Å²) in [6.45, 7) is 3.02. The molecule has 3 nitrogen and oxygen atoms in total. The molecule has 0 aliphatic carbocycles. The lowest BCUT2D eigenvalue weighted by Crippen LogP contribution is -2.52. The quantitative estimate of drug-likeness (QED) is 0.777. The highest BCUT2D eigenvalue weighted by Crippen LogP contribution is 2.39. The van der Waals surface area contributed by atoms with Gasteiger partial charge in [0.1, 0.15) is 17.9 Å². The molecular weight excluding hydrogens is 258 g/mol. The highest BCUT2D eigenvalue weighted by atomic mass is 79.9. The average molecular weight is 270 g/mol. The molecule has 1 fully saturated rings. The van der Waals surface area contributed by atoms with Crippen molar-refractivity contribution in [3.63, 3.8) is 0 Å². The third-order valence-electron chi connectivity index (χ3n) is 2.99. The summed E-state index contributed by atoms with van der Waals surface area (Å²) >= 11 is 3.49. The molecule has 1 saturated heterocycles. The van der Waals surface area contributed by atoms with E-state index in [-0.39, 0.29) is 5.54 Å². The zero-order valence-corrected chi connectivity index (χ0v) is 9.84. The molecule has 2 heterocycles. The van der Waals surface area contributed by atoms with Gasteiger partial charge in [-0.1, -0.05) is 15.9 Å². The summed E-state index contributed by atoms with van der Waals surface area (Å²) in [4.78, 5) is 0. The van der Waals surface area contributed by atoms with E-state index in [0.717, 1.165) is 23.4 Å². The van der Waals surface area contributed by atoms with E-state index in [0.29, 0.717) is 13.2 Å².